The molecule has 0 aliphatic carbocycles. The van der Waals surface area contributed by atoms with Gasteiger partial charge in [-0.15, -0.1) is 0 Å². The molecule has 0 saturated heterocycles. The number of aromatic amines is 1. The molecule has 0 radical (unpaired) electrons. The molecule has 0 saturated carbocycles. The molecule has 20 heavy (non-hydrogen) atoms. The Hall–Kier alpha value is -2.01. The van der Waals surface area contributed by atoms with Crippen LogP contribution in [0.4, 0.5) is 5.69 Å². The number of anilines is 1. The molecule has 0 unspecified atom stereocenters. The summed E-state index contributed by atoms with van der Waals surface area (Å²) in [6.45, 7) is 4.05. The van der Waals surface area contributed by atoms with Gasteiger partial charge in [-0.25, -0.2) is 0 Å². The minimum Gasteiger partial charge on any atom is -0.399 e. The second-order valence-corrected chi connectivity index (χ2v) is 5.12. The van der Waals surface area contributed by atoms with Gasteiger partial charge in [-0.2, -0.15) is 0 Å². The molecule has 0 aliphatic heterocycles. The summed E-state index contributed by atoms with van der Waals surface area (Å²) in [5, 5.41) is 13.8. The number of rotatable bonds is 5. The molecular weight excluding hydrogens is 254 g/mol. The highest BCUT2D eigenvalue weighted by Gasteiger charge is 2.23. The zero-order valence-electron chi connectivity index (χ0n) is 11.9. The third-order valence-electron chi connectivity index (χ3n) is 3.84. The Kier molecular flexibility index (Phi) is 3.99. The third-order valence-corrected chi connectivity index (χ3v) is 3.84. The van der Waals surface area contributed by atoms with E-state index in [4.69, 9.17) is 5.73 Å². The van der Waals surface area contributed by atoms with Crippen LogP contribution in [0.3, 0.4) is 0 Å². The van der Waals surface area contributed by atoms with Crippen molar-refractivity contribution < 1.29 is 9.90 Å². The van der Waals surface area contributed by atoms with Crippen LogP contribution in [-0.4, -0.2) is 28.1 Å². The van der Waals surface area contributed by atoms with Gasteiger partial charge in [0.2, 0.25) is 0 Å². The van der Waals surface area contributed by atoms with Crippen molar-refractivity contribution in [1.82, 2.24) is 10.3 Å². The Balaban J connectivity index is 2.18. The molecular formula is C15H21N3O2. The summed E-state index contributed by atoms with van der Waals surface area (Å²) in [5.41, 5.74) is 6.93. The van der Waals surface area contributed by atoms with Crippen LogP contribution in [-0.2, 0) is 0 Å². The summed E-state index contributed by atoms with van der Waals surface area (Å²) in [4.78, 5) is 15.3. The predicted octanol–water partition coefficient (Wildman–Crippen LogP) is 2.03. The van der Waals surface area contributed by atoms with Crippen molar-refractivity contribution in [3.8, 4) is 0 Å². The number of hydrogen-bond acceptors (Lipinski definition) is 3. The Labute approximate surface area is 118 Å². The van der Waals surface area contributed by atoms with Gasteiger partial charge in [-0.05, 0) is 31.0 Å². The number of carbonyl (C=O) groups excluding carboxylic acids is 1. The number of H-pyrrole nitrogens is 1. The molecule has 1 amide bonds. The molecule has 1 aromatic carbocycles. The van der Waals surface area contributed by atoms with Crippen molar-refractivity contribution in [2.75, 3.05) is 12.3 Å². The zero-order valence-corrected chi connectivity index (χ0v) is 11.9. The van der Waals surface area contributed by atoms with E-state index in [0.29, 0.717) is 24.1 Å². The van der Waals surface area contributed by atoms with Crippen molar-refractivity contribution in [3.63, 3.8) is 0 Å². The van der Waals surface area contributed by atoms with Gasteiger partial charge >= 0.3 is 0 Å². The largest absolute Gasteiger partial charge is 0.399 e. The molecule has 5 nitrogen and oxygen atoms in total. The van der Waals surface area contributed by atoms with E-state index in [1.807, 2.05) is 19.9 Å². The number of carbonyl (C=O) groups is 1. The first kappa shape index (κ1) is 14.4. The van der Waals surface area contributed by atoms with Gasteiger partial charge in [-0.3, -0.25) is 4.79 Å². The van der Waals surface area contributed by atoms with Gasteiger partial charge < -0.3 is 21.1 Å². The highest BCUT2D eigenvalue weighted by atomic mass is 16.3. The van der Waals surface area contributed by atoms with Crippen LogP contribution >= 0.6 is 0 Å². The Morgan fingerprint density at radius 3 is 2.75 bits per heavy atom. The number of hydrogen-bond donors (Lipinski definition) is 4. The average Bonchev–Trinajstić information content (AvgIpc) is 2.87. The highest BCUT2D eigenvalue weighted by Crippen LogP contribution is 2.21. The summed E-state index contributed by atoms with van der Waals surface area (Å²) < 4.78 is 0. The van der Waals surface area contributed by atoms with E-state index >= 15 is 0 Å². The number of aromatic nitrogens is 1. The Bertz CT molecular complexity index is 615. The maximum atomic E-state index is 12.2. The molecule has 1 heterocycles. The van der Waals surface area contributed by atoms with Crippen molar-refractivity contribution in [2.24, 2.45) is 0 Å². The lowest BCUT2D eigenvalue weighted by Gasteiger charge is -2.25. The minimum absolute atomic E-state index is 0.206. The summed E-state index contributed by atoms with van der Waals surface area (Å²) in [6.07, 6.45) is 2.87. The molecule has 0 aliphatic rings. The van der Waals surface area contributed by atoms with Gasteiger partial charge in [0, 0.05) is 29.3 Å². The zero-order chi connectivity index (χ0) is 14.8. The first-order valence-electron chi connectivity index (χ1n) is 6.86. The lowest BCUT2D eigenvalue weighted by Crippen LogP contribution is -2.42. The fourth-order valence-corrected chi connectivity index (χ4v) is 2.17. The molecule has 2 aromatic rings. The monoisotopic (exact) mass is 275 g/mol. The fourth-order valence-electron chi connectivity index (χ4n) is 2.17. The van der Waals surface area contributed by atoms with Crippen LogP contribution < -0.4 is 11.1 Å². The van der Waals surface area contributed by atoms with Crippen molar-refractivity contribution in [3.05, 3.63) is 30.0 Å². The molecule has 0 bridgehead atoms. The van der Waals surface area contributed by atoms with E-state index in [9.17, 15) is 9.90 Å². The molecule has 108 valence electrons. The quantitative estimate of drug-likeness (QED) is 0.629. The first-order chi connectivity index (χ1) is 9.49. The lowest BCUT2D eigenvalue weighted by molar-refractivity contribution is 0.0314. The SMILES string of the molecule is CCC(O)(CC)CNC(=O)c1c[nH]c2ccc(N)cc12. The van der Waals surface area contributed by atoms with Crippen LogP contribution in [0.15, 0.2) is 24.4 Å². The maximum absolute atomic E-state index is 12.2. The summed E-state index contributed by atoms with van der Waals surface area (Å²) in [7, 11) is 0. The van der Waals surface area contributed by atoms with E-state index in [0.717, 1.165) is 10.9 Å². The third kappa shape index (κ3) is 2.77. The number of nitrogens with two attached hydrogens (primary N) is 1. The molecule has 2 rings (SSSR count). The minimum atomic E-state index is -0.846. The van der Waals surface area contributed by atoms with Crippen LogP contribution in [0, 0.1) is 0 Å². The molecule has 0 fully saturated rings. The lowest BCUT2D eigenvalue weighted by atomic mass is 9.97. The molecule has 5 N–H and O–H groups in total. The van der Waals surface area contributed by atoms with Crippen LogP contribution in [0.1, 0.15) is 37.0 Å². The van der Waals surface area contributed by atoms with E-state index in [2.05, 4.69) is 10.3 Å². The average molecular weight is 275 g/mol. The standard InChI is InChI=1S/C15H21N3O2/c1-3-15(20,4-2)9-18-14(19)12-8-17-13-6-5-10(16)7-11(12)13/h5-8,17,20H,3-4,9,16H2,1-2H3,(H,18,19). The van der Waals surface area contributed by atoms with E-state index < -0.39 is 5.60 Å². The van der Waals surface area contributed by atoms with Crippen molar-refractivity contribution in [1.29, 1.82) is 0 Å². The number of aliphatic hydroxyl groups is 1. The molecule has 0 atom stereocenters. The summed E-state index contributed by atoms with van der Waals surface area (Å²) in [6, 6.07) is 5.40. The summed E-state index contributed by atoms with van der Waals surface area (Å²) in [5.74, 6) is -0.206. The second kappa shape index (κ2) is 5.54. The van der Waals surface area contributed by atoms with Gasteiger partial charge in [0.25, 0.3) is 5.91 Å². The number of amides is 1. The topological polar surface area (TPSA) is 91.1 Å². The maximum Gasteiger partial charge on any atom is 0.253 e. The van der Waals surface area contributed by atoms with Gasteiger partial charge in [-0.1, -0.05) is 13.8 Å². The highest BCUT2D eigenvalue weighted by molar-refractivity contribution is 6.07. The predicted molar refractivity (Wildman–Crippen MR) is 80.6 cm³/mol. The number of nitrogen functional groups attached to an aromatic ring is 1. The number of nitrogens with one attached hydrogen (secondary N) is 2. The normalized spacial score (nSPS) is 11.8. The number of fused-ring (bicyclic) bond motifs is 1. The molecule has 5 heteroatoms. The molecule has 1 aromatic heterocycles. The van der Waals surface area contributed by atoms with Gasteiger partial charge in [0.15, 0.2) is 0 Å². The van der Waals surface area contributed by atoms with E-state index in [-0.39, 0.29) is 12.5 Å². The second-order valence-electron chi connectivity index (χ2n) is 5.12. The van der Waals surface area contributed by atoms with Gasteiger partial charge in [0.05, 0.1) is 11.2 Å². The number of benzene rings is 1. The van der Waals surface area contributed by atoms with Crippen molar-refractivity contribution >= 4 is 22.5 Å². The van der Waals surface area contributed by atoms with Crippen LogP contribution in [0.2, 0.25) is 0 Å². The van der Waals surface area contributed by atoms with Crippen LogP contribution in [0.25, 0.3) is 10.9 Å². The Morgan fingerprint density at radius 2 is 2.10 bits per heavy atom. The smallest absolute Gasteiger partial charge is 0.253 e. The Morgan fingerprint density at radius 1 is 1.40 bits per heavy atom. The van der Waals surface area contributed by atoms with Crippen molar-refractivity contribution in [2.45, 2.75) is 32.3 Å². The van der Waals surface area contributed by atoms with Crippen LogP contribution in [0.5, 0.6) is 0 Å². The first-order valence-corrected chi connectivity index (χ1v) is 6.86. The van der Waals surface area contributed by atoms with E-state index in [1.165, 1.54) is 0 Å². The molecule has 0 spiro atoms. The fraction of sp³-hybridized carbons (Fsp3) is 0.400. The van der Waals surface area contributed by atoms with E-state index in [1.54, 1.807) is 18.3 Å². The van der Waals surface area contributed by atoms with Gasteiger partial charge in [0.1, 0.15) is 0 Å². The summed E-state index contributed by atoms with van der Waals surface area (Å²) >= 11 is 0.